The number of nitriles is 1. The first-order valence-electron chi connectivity index (χ1n) is 9.33. The van der Waals surface area contributed by atoms with Crippen LogP contribution in [0, 0.1) is 11.3 Å². The molecule has 0 spiro atoms. The second kappa shape index (κ2) is 8.85. The second-order valence-electron chi connectivity index (χ2n) is 7.11. The number of ether oxygens (including phenoxy) is 1. The molecule has 1 aliphatic heterocycles. The maximum absolute atomic E-state index is 10.1. The second-order valence-corrected chi connectivity index (χ2v) is 7.11. The Kier molecular flexibility index (Phi) is 6.28. The standard InChI is InChI=1S/C21H26N4O2/c1-15(2)23-12-18(26)14-27-21-19(10-22)20-17(11-24-21)8-9-25(20)13-16-6-4-3-5-7-16/h3-7,11,15,18,23,26H,8-9,12-14H2,1-2H3. The Labute approximate surface area is 160 Å². The molecule has 0 fully saturated rings. The molecule has 142 valence electrons. The van der Waals surface area contributed by atoms with Crippen molar-refractivity contribution in [3.05, 3.63) is 53.2 Å². The predicted molar refractivity (Wildman–Crippen MR) is 105 cm³/mol. The summed E-state index contributed by atoms with van der Waals surface area (Å²) in [5, 5.41) is 23.0. The van der Waals surface area contributed by atoms with Crippen LogP contribution in [-0.2, 0) is 13.0 Å². The Morgan fingerprint density at radius 1 is 1.33 bits per heavy atom. The third-order valence-electron chi connectivity index (χ3n) is 4.56. The molecule has 3 rings (SSSR count). The van der Waals surface area contributed by atoms with E-state index in [-0.39, 0.29) is 6.61 Å². The van der Waals surface area contributed by atoms with Gasteiger partial charge in [-0.15, -0.1) is 0 Å². The molecule has 1 atom stereocenters. The van der Waals surface area contributed by atoms with Gasteiger partial charge in [0.05, 0.1) is 5.69 Å². The minimum absolute atomic E-state index is 0.0961. The van der Waals surface area contributed by atoms with Gasteiger partial charge >= 0.3 is 0 Å². The van der Waals surface area contributed by atoms with Crippen LogP contribution in [0.3, 0.4) is 0 Å². The Morgan fingerprint density at radius 2 is 2.11 bits per heavy atom. The van der Waals surface area contributed by atoms with Gasteiger partial charge in [-0.1, -0.05) is 44.2 Å². The van der Waals surface area contributed by atoms with E-state index in [2.05, 4.69) is 33.4 Å². The van der Waals surface area contributed by atoms with Crippen molar-refractivity contribution >= 4 is 5.69 Å². The highest BCUT2D eigenvalue weighted by atomic mass is 16.5. The molecular formula is C21H26N4O2. The molecule has 2 heterocycles. The van der Waals surface area contributed by atoms with Crippen LogP contribution >= 0.6 is 0 Å². The largest absolute Gasteiger partial charge is 0.474 e. The number of aliphatic hydroxyl groups is 1. The summed E-state index contributed by atoms with van der Waals surface area (Å²) in [5.74, 6) is 0.291. The summed E-state index contributed by atoms with van der Waals surface area (Å²) < 4.78 is 5.70. The molecule has 27 heavy (non-hydrogen) atoms. The van der Waals surface area contributed by atoms with Gasteiger partial charge in [0.15, 0.2) is 0 Å². The average Bonchev–Trinajstić information content (AvgIpc) is 3.08. The van der Waals surface area contributed by atoms with Gasteiger partial charge < -0.3 is 20.1 Å². The first-order valence-corrected chi connectivity index (χ1v) is 9.33. The molecule has 0 bridgehead atoms. The zero-order chi connectivity index (χ0) is 19.2. The van der Waals surface area contributed by atoms with Crippen molar-refractivity contribution < 1.29 is 9.84 Å². The van der Waals surface area contributed by atoms with E-state index < -0.39 is 6.10 Å². The molecule has 0 saturated heterocycles. The minimum Gasteiger partial charge on any atom is -0.474 e. The van der Waals surface area contributed by atoms with E-state index in [0.29, 0.717) is 24.0 Å². The van der Waals surface area contributed by atoms with Crippen LogP contribution in [0.15, 0.2) is 36.5 Å². The van der Waals surface area contributed by atoms with E-state index in [4.69, 9.17) is 4.74 Å². The van der Waals surface area contributed by atoms with Crippen molar-refractivity contribution in [2.45, 2.75) is 39.0 Å². The zero-order valence-corrected chi connectivity index (χ0v) is 15.9. The first kappa shape index (κ1) is 19.2. The highest BCUT2D eigenvalue weighted by Gasteiger charge is 2.26. The van der Waals surface area contributed by atoms with E-state index in [9.17, 15) is 10.4 Å². The number of hydrogen-bond donors (Lipinski definition) is 2. The summed E-state index contributed by atoms with van der Waals surface area (Å²) in [7, 11) is 0. The Bertz CT molecular complexity index is 802. The SMILES string of the molecule is CC(C)NCC(O)COc1ncc2c(c1C#N)N(Cc1ccccc1)CC2. The number of nitrogens with zero attached hydrogens (tertiary/aromatic N) is 3. The fourth-order valence-corrected chi connectivity index (χ4v) is 3.21. The lowest BCUT2D eigenvalue weighted by Gasteiger charge is -2.22. The number of anilines is 1. The van der Waals surface area contributed by atoms with Gasteiger partial charge in [-0.05, 0) is 17.5 Å². The minimum atomic E-state index is -0.658. The summed E-state index contributed by atoms with van der Waals surface area (Å²) in [4.78, 5) is 6.53. The smallest absolute Gasteiger partial charge is 0.233 e. The molecule has 1 aliphatic rings. The van der Waals surface area contributed by atoms with Crippen LogP contribution in [0.1, 0.15) is 30.5 Å². The molecule has 0 amide bonds. The van der Waals surface area contributed by atoms with Crippen LogP contribution in [0.5, 0.6) is 5.88 Å². The average molecular weight is 366 g/mol. The van der Waals surface area contributed by atoms with Crippen molar-refractivity contribution in [3.63, 3.8) is 0 Å². The quantitative estimate of drug-likeness (QED) is 0.746. The van der Waals surface area contributed by atoms with Gasteiger partial charge in [0.25, 0.3) is 0 Å². The fourth-order valence-electron chi connectivity index (χ4n) is 3.21. The molecule has 1 aromatic heterocycles. The predicted octanol–water partition coefficient (Wildman–Crippen LogP) is 2.25. The molecule has 1 aromatic carbocycles. The lowest BCUT2D eigenvalue weighted by Crippen LogP contribution is -2.35. The van der Waals surface area contributed by atoms with Gasteiger partial charge in [-0.3, -0.25) is 0 Å². The molecule has 0 saturated carbocycles. The van der Waals surface area contributed by atoms with E-state index >= 15 is 0 Å². The number of rotatable bonds is 8. The molecule has 6 nitrogen and oxygen atoms in total. The highest BCUT2D eigenvalue weighted by Crippen LogP contribution is 2.36. The maximum Gasteiger partial charge on any atom is 0.233 e. The van der Waals surface area contributed by atoms with Crippen LogP contribution < -0.4 is 15.0 Å². The number of aromatic nitrogens is 1. The van der Waals surface area contributed by atoms with Gasteiger partial charge in [0.1, 0.15) is 24.3 Å². The van der Waals surface area contributed by atoms with Crippen LogP contribution in [0.4, 0.5) is 5.69 Å². The van der Waals surface area contributed by atoms with Gasteiger partial charge in [0.2, 0.25) is 5.88 Å². The number of fused-ring (bicyclic) bond motifs is 1. The highest BCUT2D eigenvalue weighted by molar-refractivity contribution is 5.69. The molecule has 0 aliphatic carbocycles. The van der Waals surface area contributed by atoms with Crippen molar-refractivity contribution in [1.29, 1.82) is 5.26 Å². The molecule has 6 heteroatoms. The van der Waals surface area contributed by atoms with Crippen LogP contribution in [0.25, 0.3) is 0 Å². The molecule has 0 radical (unpaired) electrons. The molecule has 2 aromatic rings. The Hall–Kier alpha value is -2.62. The lowest BCUT2D eigenvalue weighted by atomic mass is 10.1. The van der Waals surface area contributed by atoms with Gasteiger partial charge in [-0.2, -0.15) is 5.26 Å². The third kappa shape index (κ3) is 4.76. The van der Waals surface area contributed by atoms with E-state index in [1.165, 1.54) is 5.56 Å². The Balaban J connectivity index is 1.74. The molecular weight excluding hydrogens is 340 g/mol. The number of benzene rings is 1. The molecule has 2 N–H and O–H groups in total. The lowest BCUT2D eigenvalue weighted by molar-refractivity contribution is 0.102. The van der Waals surface area contributed by atoms with Crippen LogP contribution in [-0.4, -0.2) is 41.9 Å². The molecule has 1 unspecified atom stereocenters. The summed E-state index contributed by atoms with van der Waals surface area (Å²) in [6, 6.07) is 12.8. The summed E-state index contributed by atoms with van der Waals surface area (Å²) in [6.07, 6.45) is 2.00. The zero-order valence-electron chi connectivity index (χ0n) is 15.9. The van der Waals surface area contributed by atoms with E-state index in [0.717, 1.165) is 30.8 Å². The normalized spacial score (nSPS) is 14.1. The topological polar surface area (TPSA) is 81.4 Å². The summed E-state index contributed by atoms with van der Waals surface area (Å²) >= 11 is 0. The summed E-state index contributed by atoms with van der Waals surface area (Å²) in [5.41, 5.74) is 3.62. The maximum atomic E-state index is 10.1. The van der Waals surface area contributed by atoms with Crippen molar-refractivity contribution in [3.8, 4) is 11.9 Å². The monoisotopic (exact) mass is 366 g/mol. The third-order valence-corrected chi connectivity index (χ3v) is 4.56. The number of hydrogen-bond acceptors (Lipinski definition) is 6. The summed E-state index contributed by atoms with van der Waals surface area (Å²) in [6.45, 7) is 6.16. The van der Waals surface area contributed by atoms with Crippen molar-refractivity contribution in [2.24, 2.45) is 0 Å². The number of nitrogens with one attached hydrogen (secondary N) is 1. The number of pyridine rings is 1. The van der Waals surface area contributed by atoms with Gasteiger partial charge in [-0.25, -0.2) is 4.98 Å². The van der Waals surface area contributed by atoms with E-state index in [1.807, 2.05) is 32.0 Å². The number of aliphatic hydroxyl groups excluding tert-OH is 1. The van der Waals surface area contributed by atoms with Crippen molar-refractivity contribution in [1.82, 2.24) is 10.3 Å². The van der Waals surface area contributed by atoms with Crippen molar-refractivity contribution in [2.75, 3.05) is 24.6 Å². The van der Waals surface area contributed by atoms with E-state index in [1.54, 1.807) is 6.20 Å². The fraction of sp³-hybridized carbons (Fsp3) is 0.429. The Morgan fingerprint density at radius 3 is 2.81 bits per heavy atom. The van der Waals surface area contributed by atoms with Gasteiger partial charge in [0, 0.05) is 31.9 Å². The van der Waals surface area contributed by atoms with Crippen LogP contribution in [0.2, 0.25) is 0 Å². The first-order chi connectivity index (χ1) is 13.1.